The lowest BCUT2D eigenvalue weighted by Gasteiger charge is -2.30. The molecule has 2 aliphatic rings. The van der Waals surface area contributed by atoms with E-state index in [4.69, 9.17) is 16.2 Å². The molecule has 23 heavy (non-hydrogen) atoms. The van der Waals surface area contributed by atoms with Crippen LogP contribution >= 0.6 is 11.6 Å². The summed E-state index contributed by atoms with van der Waals surface area (Å²) < 4.78 is 19.1. The molecule has 8 heteroatoms. The highest BCUT2D eigenvalue weighted by atomic mass is 35.5. The highest BCUT2D eigenvalue weighted by molar-refractivity contribution is 6.30. The van der Waals surface area contributed by atoms with Crippen LogP contribution < -0.4 is 5.32 Å². The zero-order valence-electron chi connectivity index (χ0n) is 11.9. The number of Topliss-reactive ketones (excluding diaryl/α,β-unsaturated/α-hetero) is 1. The van der Waals surface area contributed by atoms with Crippen molar-refractivity contribution in [1.82, 2.24) is 10.3 Å². The van der Waals surface area contributed by atoms with E-state index in [0.717, 1.165) is 6.42 Å². The molecule has 1 aliphatic carbocycles. The van der Waals surface area contributed by atoms with E-state index in [2.05, 4.69) is 20.6 Å². The van der Waals surface area contributed by atoms with E-state index in [0.29, 0.717) is 35.0 Å². The van der Waals surface area contributed by atoms with Crippen molar-refractivity contribution in [3.8, 4) is 0 Å². The minimum atomic E-state index is -0.645. The smallest absolute Gasteiger partial charge is 0.240 e. The van der Waals surface area contributed by atoms with Gasteiger partial charge in [-0.05, 0) is 41.4 Å². The summed E-state index contributed by atoms with van der Waals surface area (Å²) in [5, 5.41) is 10.9. The Bertz CT molecular complexity index is 820. The van der Waals surface area contributed by atoms with Crippen molar-refractivity contribution >= 4 is 34.7 Å². The molecule has 6 nitrogen and oxygen atoms in total. The molecule has 0 spiro atoms. The van der Waals surface area contributed by atoms with Gasteiger partial charge in [0.05, 0.1) is 12.0 Å². The van der Waals surface area contributed by atoms with Crippen LogP contribution in [0.25, 0.3) is 0 Å². The molecule has 2 atom stereocenters. The number of benzene rings is 1. The van der Waals surface area contributed by atoms with E-state index < -0.39 is 17.8 Å². The SMILES string of the molecule is O=C1CCCC2=Nc3nonc3NC(c3cc(Cl)ccc3F)C12. The van der Waals surface area contributed by atoms with Gasteiger partial charge in [0.25, 0.3) is 0 Å². The Balaban J connectivity index is 1.88. The molecule has 0 saturated heterocycles. The molecule has 1 aliphatic heterocycles. The number of anilines is 1. The maximum atomic E-state index is 14.4. The number of halogens is 2. The molecule has 2 heterocycles. The van der Waals surface area contributed by atoms with Crippen molar-refractivity contribution in [3.05, 3.63) is 34.6 Å². The molecule has 2 unspecified atom stereocenters. The number of rotatable bonds is 1. The van der Waals surface area contributed by atoms with E-state index in [-0.39, 0.29) is 11.6 Å². The molecule has 0 bridgehead atoms. The first-order chi connectivity index (χ1) is 11.1. The highest BCUT2D eigenvalue weighted by Gasteiger charge is 2.40. The quantitative estimate of drug-likeness (QED) is 0.863. The summed E-state index contributed by atoms with van der Waals surface area (Å²) in [6.45, 7) is 0. The minimum absolute atomic E-state index is 0.0222. The number of nitrogens with one attached hydrogen (secondary N) is 1. The van der Waals surface area contributed by atoms with Crippen LogP contribution in [0.15, 0.2) is 27.8 Å². The van der Waals surface area contributed by atoms with E-state index >= 15 is 0 Å². The first-order valence-electron chi connectivity index (χ1n) is 7.27. The van der Waals surface area contributed by atoms with Crippen molar-refractivity contribution in [2.45, 2.75) is 25.3 Å². The normalized spacial score (nSPS) is 23.4. The van der Waals surface area contributed by atoms with Crippen molar-refractivity contribution in [1.29, 1.82) is 0 Å². The molecule has 1 saturated carbocycles. The second kappa shape index (κ2) is 5.42. The Morgan fingerprint density at radius 2 is 2.17 bits per heavy atom. The topological polar surface area (TPSA) is 80.4 Å². The van der Waals surface area contributed by atoms with Gasteiger partial charge < -0.3 is 5.32 Å². The molecule has 1 aromatic heterocycles. The number of hydrogen-bond donors (Lipinski definition) is 1. The van der Waals surface area contributed by atoms with Gasteiger partial charge in [-0.1, -0.05) is 11.6 Å². The van der Waals surface area contributed by atoms with Crippen LogP contribution in [0.4, 0.5) is 16.0 Å². The average molecular weight is 335 g/mol. The van der Waals surface area contributed by atoms with Gasteiger partial charge in [-0.15, -0.1) is 0 Å². The third-order valence-electron chi connectivity index (χ3n) is 4.20. The van der Waals surface area contributed by atoms with Gasteiger partial charge >= 0.3 is 0 Å². The Labute approximate surface area is 135 Å². The third kappa shape index (κ3) is 2.41. The zero-order valence-corrected chi connectivity index (χ0v) is 12.7. The number of ketones is 1. The lowest BCUT2D eigenvalue weighted by Crippen LogP contribution is -2.36. The van der Waals surface area contributed by atoms with Gasteiger partial charge in [0.2, 0.25) is 11.6 Å². The van der Waals surface area contributed by atoms with Crippen molar-refractivity contribution in [2.24, 2.45) is 10.9 Å². The molecular weight excluding hydrogens is 323 g/mol. The number of hydrogen-bond acceptors (Lipinski definition) is 6. The minimum Gasteiger partial charge on any atom is -0.356 e. The summed E-state index contributed by atoms with van der Waals surface area (Å²) in [7, 11) is 0. The summed E-state index contributed by atoms with van der Waals surface area (Å²) >= 11 is 6.01. The van der Waals surface area contributed by atoms with Crippen LogP contribution in [-0.4, -0.2) is 21.8 Å². The predicted octanol–water partition coefficient (Wildman–Crippen LogP) is 3.47. The molecule has 1 aromatic carbocycles. The monoisotopic (exact) mass is 334 g/mol. The number of carbonyl (C=O) groups is 1. The fourth-order valence-electron chi connectivity index (χ4n) is 3.17. The molecule has 1 N–H and O–H groups in total. The Morgan fingerprint density at radius 3 is 3.04 bits per heavy atom. The average Bonchev–Trinajstić information content (AvgIpc) is 2.89. The van der Waals surface area contributed by atoms with Crippen molar-refractivity contribution in [2.75, 3.05) is 5.32 Å². The first-order valence-corrected chi connectivity index (χ1v) is 7.65. The van der Waals surface area contributed by atoms with E-state index in [1.165, 1.54) is 18.2 Å². The fraction of sp³-hybridized carbons (Fsp3) is 0.333. The van der Waals surface area contributed by atoms with Gasteiger partial charge in [-0.2, -0.15) is 0 Å². The highest BCUT2D eigenvalue weighted by Crippen LogP contribution is 2.40. The maximum Gasteiger partial charge on any atom is 0.240 e. The molecule has 0 amide bonds. The molecule has 0 radical (unpaired) electrons. The molecule has 4 rings (SSSR count). The van der Waals surface area contributed by atoms with Crippen LogP contribution in [0.1, 0.15) is 30.9 Å². The molecule has 2 aromatic rings. The largest absolute Gasteiger partial charge is 0.356 e. The number of aliphatic imine (C=N–C) groups is 1. The lowest BCUT2D eigenvalue weighted by molar-refractivity contribution is -0.122. The number of aromatic nitrogens is 2. The maximum absolute atomic E-state index is 14.4. The van der Waals surface area contributed by atoms with Crippen molar-refractivity contribution in [3.63, 3.8) is 0 Å². The summed E-state index contributed by atoms with van der Waals surface area (Å²) in [5.74, 6) is -0.403. The first kappa shape index (κ1) is 14.3. The van der Waals surface area contributed by atoms with Crippen LogP contribution in [0, 0.1) is 11.7 Å². The molecular formula is C15H12ClFN4O2. The van der Waals surface area contributed by atoms with Crippen molar-refractivity contribution < 1.29 is 13.8 Å². The molecule has 1 fully saturated rings. The summed E-state index contributed by atoms with van der Waals surface area (Å²) in [6, 6.07) is 3.63. The van der Waals surface area contributed by atoms with E-state index in [1.54, 1.807) is 0 Å². The summed E-state index contributed by atoms with van der Waals surface area (Å²) in [4.78, 5) is 16.9. The summed E-state index contributed by atoms with van der Waals surface area (Å²) in [5.41, 5.74) is 0.980. The van der Waals surface area contributed by atoms with E-state index in [1.807, 2.05) is 0 Å². The van der Waals surface area contributed by atoms with Gasteiger partial charge in [-0.3, -0.25) is 4.79 Å². The summed E-state index contributed by atoms with van der Waals surface area (Å²) in [6.07, 6.45) is 1.82. The second-order valence-electron chi connectivity index (χ2n) is 5.62. The molecule has 118 valence electrons. The van der Waals surface area contributed by atoms with E-state index in [9.17, 15) is 9.18 Å². The van der Waals surface area contributed by atoms with Crippen LogP contribution in [0.5, 0.6) is 0 Å². The zero-order chi connectivity index (χ0) is 16.0. The van der Waals surface area contributed by atoms with Crippen LogP contribution in [0.3, 0.4) is 0 Å². The third-order valence-corrected chi connectivity index (χ3v) is 4.44. The predicted molar refractivity (Wildman–Crippen MR) is 81.5 cm³/mol. The lowest BCUT2D eigenvalue weighted by atomic mass is 9.78. The standard InChI is InChI=1S/C15H12ClFN4O2/c16-7-4-5-9(17)8(6-7)13-12-10(2-1-3-11(12)22)18-14-15(19-13)21-23-20-14/h4-6,12-13H,1-3H2,(H,19,21). The van der Waals surface area contributed by atoms with Crippen LogP contribution in [0.2, 0.25) is 5.02 Å². The van der Waals surface area contributed by atoms with Gasteiger partial charge in [0, 0.05) is 22.7 Å². The Kier molecular flexibility index (Phi) is 3.37. The Morgan fingerprint density at radius 1 is 1.30 bits per heavy atom. The van der Waals surface area contributed by atoms with Gasteiger partial charge in [0.15, 0.2) is 0 Å². The van der Waals surface area contributed by atoms with Gasteiger partial charge in [0.1, 0.15) is 11.6 Å². The van der Waals surface area contributed by atoms with Crippen LogP contribution in [-0.2, 0) is 4.79 Å². The second-order valence-corrected chi connectivity index (χ2v) is 6.06. The number of fused-ring (bicyclic) bond motifs is 2. The fourth-order valence-corrected chi connectivity index (χ4v) is 3.35. The number of carbonyl (C=O) groups excluding carboxylic acids is 1. The number of nitrogens with zero attached hydrogens (tertiary/aromatic N) is 3. The van der Waals surface area contributed by atoms with Gasteiger partial charge in [-0.25, -0.2) is 14.0 Å². The Hall–Kier alpha value is -2.28.